The summed E-state index contributed by atoms with van der Waals surface area (Å²) in [7, 11) is -3.96. The maximum Gasteiger partial charge on any atom is 0.244 e. The van der Waals surface area contributed by atoms with Gasteiger partial charge in [0.25, 0.3) is 0 Å². The molecule has 0 aromatic heterocycles. The van der Waals surface area contributed by atoms with Crippen molar-refractivity contribution in [3.63, 3.8) is 0 Å². The number of sulfonamides is 1. The van der Waals surface area contributed by atoms with Gasteiger partial charge >= 0.3 is 0 Å². The van der Waals surface area contributed by atoms with E-state index in [-0.39, 0.29) is 36.9 Å². The average Bonchev–Trinajstić information content (AvgIpc) is 2.95. The molecule has 2 amide bonds. The first kappa shape index (κ1) is 31.6. The Labute approximate surface area is 242 Å². The quantitative estimate of drug-likeness (QED) is 0.301. The van der Waals surface area contributed by atoms with Gasteiger partial charge < -0.3 is 15.0 Å². The molecule has 0 unspecified atom stereocenters. The molecule has 0 saturated heterocycles. The van der Waals surface area contributed by atoms with Crippen molar-refractivity contribution in [3.05, 3.63) is 95.8 Å². The van der Waals surface area contributed by atoms with E-state index in [0.717, 1.165) is 16.1 Å². The third-order valence-electron chi connectivity index (χ3n) is 6.68. The second-order valence-electron chi connectivity index (χ2n) is 9.81. The van der Waals surface area contributed by atoms with Crippen LogP contribution in [0.1, 0.15) is 38.3 Å². The fraction of sp³-hybridized carbons (Fsp3) is 0.355. The molecule has 2 atom stereocenters. The van der Waals surface area contributed by atoms with Crippen molar-refractivity contribution in [2.45, 2.75) is 52.2 Å². The van der Waals surface area contributed by atoms with Gasteiger partial charge in [-0.25, -0.2) is 12.8 Å². The highest BCUT2D eigenvalue weighted by atomic mass is 32.2. The summed E-state index contributed by atoms with van der Waals surface area (Å²) >= 11 is 0. The number of para-hydroxylation sites is 2. The van der Waals surface area contributed by atoms with Crippen LogP contribution < -0.4 is 14.4 Å². The standard InChI is InChI=1S/C31H38FN3O5S/c1-5-23(3)33-31(37)28(20-24-14-8-7-9-15-24)34(21-25-16-10-11-17-26(25)32)30(36)22-35(41(4,38)39)27-18-12-13-19-29(27)40-6-2/h7-19,23,28H,5-6,20-22H2,1-4H3,(H,33,37)/t23-,28+/m0/s1. The first-order valence-corrected chi connectivity index (χ1v) is 15.5. The third kappa shape index (κ3) is 8.78. The van der Waals surface area contributed by atoms with Crippen LogP contribution >= 0.6 is 0 Å². The molecule has 1 N–H and O–H groups in total. The normalized spacial score (nSPS) is 12.7. The summed E-state index contributed by atoms with van der Waals surface area (Å²) < 4.78 is 47.5. The van der Waals surface area contributed by atoms with Gasteiger partial charge in [-0.15, -0.1) is 0 Å². The van der Waals surface area contributed by atoms with Crippen molar-refractivity contribution in [1.29, 1.82) is 0 Å². The van der Waals surface area contributed by atoms with Crippen LogP contribution in [0.15, 0.2) is 78.9 Å². The van der Waals surface area contributed by atoms with E-state index in [0.29, 0.717) is 12.2 Å². The molecular formula is C31H38FN3O5S. The lowest BCUT2D eigenvalue weighted by atomic mass is 10.0. The minimum absolute atomic E-state index is 0.151. The Bertz CT molecular complexity index is 1420. The van der Waals surface area contributed by atoms with Gasteiger partial charge in [0.2, 0.25) is 21.8 Å². The van der Waals surface area contributed by atoms with E-state index in [1.807, 2.05) is 44.2 Å². The molecule has 10 heteroatoms. The van der Waals surface area contributed by atoms with Crippen LogP contribution in [0.5, 0.6) is 5.75 Å². The maximum absolute atomic E-state index is 14.9. The Kier molecular flexibility index (Phi) is 11.3. The minimum Gasteiger partial charge on any atom is -0.492 e. The van der Waals surface area contributed by atoms with Crippen molar-refractivity contribution in [1.82, 2.24) is 10.2 Å². The number of hydrogen-bond acceptors (Lipinski definition) is 5. The van der Waals surface area contributed by atoms with E-state index in [9.17, 15) is 22.4 Å². The molecule has 0 bridgehead atoms. The van der Waals surface area contributed by atoms with Gasteiger partial charge in [-0.05, 0) is 44.0 Å². The van der Waals surface area contributed by atoms with E-state index in [2.05, 4.69) is 5.32 Å². The lowest BCUT2D eigenvalue weighted by Gasteiger charge is -2.34. The van der Waals surface area contributed by atoms with Crippen LogP contribution in [0.4, 0.5) is 10.1 Å². The maximum atomic E-state index is 14.9. The Balaban J connectivity index is 2.09. The van der Waals surface area contributed by atoms with Gasteiger partial charge in [-0.2, -0.15) is 0 Å². The average molecular weight is 584 g/mol. The number of ether oxygens (including phenoxy) is 1. The summed E-state index contributed by atoms with van der Waals surface area (Å²) in [6, 6.07) is 20.5. The molecule has 0 fully saturated rings. The summed E-state index contributed by atoms with van der Waals surface area (Å²) in [6.45, 7) is 5.00. The first-order chi connectivity index (χ1) is 19.5. The number of nitrogens with zero attached hydrogens (tertiary/aromatic N) is 2. The van der Waals surface area contributed by atoms with Crippen molar-refractivity contribution in [2.24, 2.45) is 0 Å². The number of carbonyl (C=O) groups excluding carboxylic acids is 2. The van der Waals surface area contributed by atoms with Crippen LogP contribution in [0.2, 0.25) is 0 Å². The number of nitrogens with one attached hydrogen (secondary N) is 1. The summed E-state index contributed by atoms with van der Waals surface area (Å²) in [5, 5.41) is 2.95. The Morgan fingerprint density at radius 1 is 0.951 bits per heavy atom. The van der Waals surface area contributed by atoms with Gasteiger partial charge in [0.05, 0.1) is 18.6 Å². The van der Waals surface area contributed by atoms with E-state index in [1.54, 1.807) is 43.3 Å². The zero-order valence-corrected chi connectivity index (χ0v) is 24.7. The highest BCUT2D eigenvalue weighted by Crippen LogP contribution is 2.30. The number of halogens is 1. The molecule has 8 nitrogen and oxygen atoms in total. The van der Waals surface area contributed by atoms with Gasteiger partial charge in [-0.1, -0.05) is 67.6 Å². The molecule has 0 radical (unpaired) electrons. The molecule has 0 saturated carbocycles. The zero-order valence-electron chi connectivity index (χ0n) is 23.9. The molecule has 0 heterocycles. The summed E-state index contributed by atoms with van der Waals surface area (Å²) in [5.74, 6) is -1.31. The summed E-state index contributed by atoms with van der Waals surface area (Å²) in [4.78, 5) is 29.1. The molecule has 0 aliphatic heterocycles. The van der Waals surface area contributed by atoms with Crippen LogP contribution in [-0.4, -0.2) is 56.6 Å². The lowest BCUT2D eigenvalue weighted by Crippen LogP contribution is -2.54. The van der Waals surface area contributed by atoms with Crippen molar-refractivity contribution in [3.8, 4) is 5.75 Å². The highest BCUT2D eigenvalue weighted by Gasteiger charge is 2.34. The molecule has 3 aromatic carbocycles. The largest absolute Gasteiger partial charge is 0.492 e. The second kappa shape index (κ2) is 14.6. The number of anilines is 1. The lowest BCUT2D eigenvalue weighted by molar-refractivity contribution is -0.140. The first-order valence-electron chi connectivity index (χ1n) is 13.6. The Morgan fingerprint density at radius 2 is 1.59 bits per heavy atom. The molecule has 0 aliphatic rings. The molecule has 3 aromatic rings. The Morgan fingerprint density at radius 3 is 2.22 bits per heavy atom. The molecule has 0 spiro atoms. The second-order valence-corrected chi connectivity index (χ2v) is 11.7. The predicted octanol–water partition coefficient (Wildman–Crippen LogP) is 4.55. The monoisotopic (exact) mass is 583 g/mol. The van der Waals surface area contributed by atoms with E-state index in [1.165, 1.54) is 17.0 Å². The number of rotatable bonds is 14. The highest BCUT2D eigenvalue weighted by molar-refractivity contribution is 7.92. The van der Waals surface area contributed by atoms with E-state index in [4.69, 9.17) is 4.74 Å². The molecule has 3 rings (SSSR count). The van der Waals surface area contributed by atoms with Crippen molar-refractivity contribution in [2.75, 3.05) is 23.7 Å². The van der Waals surface area contributed by atoms with Gasteiger partial charge in [0.1, 0.15) is 24.2 Å². The van der Waals surface area contributed by atoms with Crippen molar-refractivity contribution >= 4 is 27.5 Å². The van der Waals surface area contributed by atoms with Crippen LogP contribution in [0.25, 0.3) is 0 Å². The van der Waals surface area contributed by atoms with Gasteiger partial charge in [0, 0.05) is 24.6 Å². The Hall–Kier alpha value is -3.92. The van der Waals surface area contributed by atoms with Crippen LogP contribution in [0, 0.1) is 5.82 Å². The van der Waals surface area contributed by atoms with E-state index >= 15 is 0 Å². The van der Waals surface area contributed by atoms with Gasteiger partial charge in [-0.3, -0.25) is 13.9 Å². The molecule has 0 aliphatic carbocycles. The van der Waals surface area contributed by atoms with Crippen LogP contribution in [-0.2, 0) is 32.6 Å². The van der Waals surface area contributed by atoms with Crippen molar-refractivity contribution < 1.29 is 27.1 Å². The third-order valence-corrected chi connectivity index (χ3v) is 7.81. The summed E-state index contributed by atoms with van der Waals surface area (Å²) in [6.07, 6.45) is 1.82. The summed E-state index contributed by atoms with van der Waals surface area (Å²) in [5.41, 5.74) is 1.19. The number of carbonyl (C=O) groups is 2. The predicted molar refractivity (Wildman–Crippen MR) is 159 cm³/mol. The fourth-order valence-electron chi connectivity index (χ4n) is 4.34. The van der Waals surface area contributed by atoms with Gasteiger partial charge in [0.15, 0.2) is 0 Å². The minimum atomic E-state index is -3.96. The topological polar surface area (TPSA) is 96.0 Å². The molecule has 220 valence electrons. The van der Waals surface area contributed by atoms with Crippen LogP contribution in [0.3, 0.4) is 0 Å². The fourth-order valence-corrected chi connectivity index (χ4v) is 5.19. The van der Waals surface area contributed by atoms with E-state index < -0.39 is 40.2 Å². The molecule has 41 heavy (non-hydrogen) atoms. The number of benzene rings is 3. The SMILES string of the molecule is CCOc1ccccc1N(CC(=O)N(Cc1ccccc1F)[C@H](Cc1ccccc1)C(=O)N[C@@H](C)CC)S(C)(=O)=O. The number of amides is 2. The zero-order chi connectivity index (χ0) is 30.0. The smallest absolute Gasteiger partial charge is 0.244 e. The molecular weight excluding hydrogens is 545 g/mol. The number of hydrogen-bond donors (Lipinski definition) is 1.